The summed E-state index contributed by atoms with van der Waals surface area (Å²) >= 11 is 5.92. The van der Waals surface area contributed by atoms with Crippen molar-refractivity contribution in [3.63, 3.8) is 0 Å². The molecule has 1 aromatic carbocycles. The summed E-state index contributed by atoms with van der Waals surface area (Å²) < 4.78 is 5.63. The number of aromatic hydroxyl groups is 1. The molecule has 0 spiro atoms. The monoisotopic (exact) mass is 213 g/mol. The van der Waals surface area contributed by atoms with Crippen LogP contribution in [-0.2, 0) is 0 Å². The van der Waals surface area contributed by atoms with E-state index in [0.29, 0.717) is 10.8 Å². The molecule has 0 radical (unpaired) electrons. The van der Waals surface area contributed by atoms with Gasteiger partial charge >= 0.3 is 0 Å². The Morgan fingerprint density at radius 1 is 1.50 bits per heavy atom. The van der Waals surface area contributed by atoms with Crippen LogP contribution in [0.25, 0.3) is 0 Å². The number of halogens is 1. The molecule has 1 saturated heterocycles. The molecule has 2 N–H and O–H groups in total. The molecular weight excluding hydrogens is 202 g/mol. The molecule has 1 unspecified atom stereocenters. The van der Waals surface area contributed by atoms with Gasteiger partial charge in [-0.2, -0.15) is 0 Å². The van der Waals surface area contributed by atoms with Crippen LogP contribution in [-0.4, -0.2) is 24.3 Å². The van der Waals surface area contributed by atoms with Gasteiger partial charge in [0.2, 0.25) is 0 Å². The topological polar surface area (TPSA) is 41.5 Å². The number of nitrogens with one attached hydrogen (secondary N) is 1. The maximum absolute atomic E-state index is 9.26. The number of hydrogen-bond donors (Lipinski definition) is 2. The third kappa shape index (κ3) is 2.11. The van der Waals surface area contributed by atoms with Crippen LogP contribution in [0.1, 0.15) is 6.42 Å². The fourth-order valence-electron chi connectivity index (χ4n) is 1.49. The SMILES string of the molecule is Oc1ccc(Cl)c(OC2CCNC2)c1. The average molecular weight is 214 g/mol. The van der Waals surface area contributed by atoms with Crippen molar-refractivity contribution >= 4 is 11.6 Å². The number of phenolic OH excluding ortho intramolecular Hbond substituents is 1. The first kappa shape index (κ1) is 9.62. The molecular formula is C10H12ClNO2. The number of rotatable bonds is 2. The Hall–Kier alpha value is -0.930. The lowest BCUT2D eigenvalue weighted by atomic mass is 10.3. The first-order valence-corrected chi connectivity index (χ1v) is 4.99. The number of ether oxygens (including phenoxy) is 1. The molecule has 4 heteroatoms. The van der Waals surface area contributed by atoms with Gasteiger partial charge < -0.3 is 15.2 Å². The first-order chi connectivity index (χ1) is 6.75. The molecule has 76 valence electrons. The van der Waals surface area contributed by atoms with Crippen molar-refractivity contribution in [3.05, 3.63) is 23.2 Å². The van der Waals surface area contributed by atoms with Gasteiger partial charge in [-0.1, -0.05) is 11.6 Å². The largest absolute Gasteiger partial charge is 0.508 e. The molecule has 1 atom stereocenters. The lowest BCUT2D eigenvalue weighted by Gasteiger charge is -2.13. The Balaban J connectivity index is 2.10. The number of benzene rings is 1. The summed E-state index contributed by atoms with van der Waals surface area (Å²) in [7, 11) is 0. The highest BCUT2D eigenvalue weighted by Crippen LogP contribution is 2.29. The van der Waals surface area contributed by atoms with E-state index in [-0.39, 0.29) is 11.9 Å². The van der Waals surface area contributed by atoms with Gasteiger partial charge in [0, 0.05) is 12.6 Å². The van der Waals surface area contributed by atoms with E-state index < -0.39 is 0 Å². The van der Waals surface area contributed by atoms with Crippen molar-refractivity contribution < 1.29 is 9.84 Å². The van der Waals surface area contributed by atoms with Crippen LogP contribution >= 0.6 is 11.6 Å². The predicted molar refractivity (Wildman–Crippen MR) is 55.0 cm³/mol. The van der Waals surface area contributed by atoms with Crippen molar-refractivity contribution in [3.8, 4) is 11.5 Å². The van der Waals surface area contributed by atoms with Gasteiger partial charge in [0.1, 0.15) is 17.6 Å². The zero-order valence-electron chi connectivity index (χ0n) is 7.66. The van der Waals surface area contributed by atoms with E-state index in [1.54, 1.807) is 18.2 Å². The molecule has 0 amide bonds. The quantitative estimate of drug-likeness (QED) is 0.787. The van der Waals surface area contributed by atoms with E-state index in [9.17, 15) is 5.11 Å². The van der Waals surface area contributed by atoms with E-state index in [4.69, 9.17) is 16.3 Å². The van der Waals surface area contributed by atoms with E-state index >= 15 is 0 Å². The third-order valence-electron chi connectivity index (χ3n) is 2.22. The lowest BCUT2D eigenvalue weighted by Crippen LogP contribution is -2.19. The maximum Gasteiger partial charge on any atom is 0.142 e. The zero-order chi connectivity index (χ0) is 9.97. The Morgan fingerprint density at radius 2 is 2.36 bits per heavy atom. The fraction of sp³-hybridized carbons (Fsp3) is 0.400. The van der Waals surface area contributed by atoms with Crippen LogP contribution in [0.15, 0.2) is 18.2 Å². The van der Waals surface area contributed by atoms with Crippen molar-refractivity contribution in [2.45, 2.75) is 12.5 Å². The highest BCUT2D eigenvalue weighted by atomic mass is 35.5. The van der Waals surface area contributed by atoms with E-state index in [2.05, 4.69) is 5.32 Å². The van der Waals surface area contributed by atoms with Gasteiger partial charge in [-0.25, -0.2) is 0 Å². The number of hydrogen-bond acceptors (Lipinski definition) is 3. The molecule has 3 nitrogen and oxygen atoms in total. The van der Waals surface area contributed by atoms with Crippen LogP contribution in [0, 0.1) is 0 Å². The summed E-state index contributed by atoms with van der Waals surface area (Å²) in [6.45, 7) is 1.81. The van der Waals surface area contributed by atoms with Gasteiger partial charge in [0.05, 0.1) is 5.02 Å². The minimum atomic E-state index is 0.161. The summed E-state index contributed by atoms with van der Waals surface area (Å²) in [6.07, 6.45) is 1.14. The molecule has 1 aliphatic rings. The zero-order valence-corrected chi connectivity index (χ0v) is 8.42. The van der Waals surface area contributed by atoms with Crippen molar-refractivity contribution in [2.24, 2.45) is 0 Å². The van der Waals surface area contributed by atoms with Gasteiger partial charge in [0.15, 0.2) is 0 Å². The smallest absolute Gasteiger partial charge is 0.142 e. The lowest BCUT2D eigenvalue weighted by molar-refractivity contribution is 0.222. The summed E-state index contributed by atoms with van der Waals surface area (Å²) in [4.78, 5) is 0. The minimum Gasteiger partial charge on any atom is -0.508 e. The molecule has 0 saturated carbocycles. The first-order valence-electron chi connectivity index (χ1n) is 4.61. The highest BCUT2D eigenvalue weighted by molar-refractivity contribution is 6.32. The second-order valence-corrected chi connectivity index (χ2v) is 3.75. The molecule has 1 aliphatic heterocycles. The van der Waals surface area contributed by atoms with E-state index in [0.717, 1.165) is 19.5 Å². The van der Waals surface area contributed by atoms with E-state index in [1.807, 2.05) is 0 Å². The third-order valence-corrected chi connectivity index (χ3v) is 2.54. The van der Waals surface area contributed by atoms with Crippen molar-refractivity contribution in [2.75, 3.05) is 13.1 Å². The molecule has 0 aliphatic carbocycles. The van der Waals surface area contributed by atoms with Gasteiger partial charge in [-0.3, -0.25) is 0 Å². The second-order valence-electron chi connectivity index (χ2n) is 3.35. The van der Waals surface area contributed by atoms with Gasteiger partial charge in [0.25, 0.3) is 0 Å². The molecule has 1 fully saturated rings. The molecule has 1 aromatic rings. The average Bonchev–Trinajstić information content (AvgIpc) is 2.64. The summed E-state index contributed by atoms with van der Waals surface area (Å²) in [5, 5.41) is 13.0. The summed E-state index contributed by atoms with van der Waals surface area (Å²) in [5.74, 6) is 0.732. The van der Waals surface area contributed by atoms with Gasteiger partial charge in [-0.05, 0) is 25.1 Å². The molecule has 2 rings (SSSR count). The van der Waals surface area contributed by atoms with Crippen LogP contribution in [0.4, 0.5) is 0 Å². The normalized spacial score (nSPS) is 21.1. The van der Waals surface area contributed by atoms with Crippen molar-refractivity contribution in [1.29, 1.82) is 0 Å². The number of phenols is 1. The second kappa shape index (κ2) is 4.07. The Labute approximate surface area is 87.6 Å². The van der Waals surface area contributed by atoms with Crippen LogP contribution < -0.4 is 10.1 Å². The van der Waals surface area contributed by atoms with Gasteiger partial charge in [-0.15, -0.1) is 0 Å². The Morgan fingerprint density at radius 3 is 3.07 bits per heavy atom. The standard InChI is InChI=1S/C10H12ClNO2/c11-9-2-1-7(13)5-10(9)14-8-3-4-12-6-8/h1-2,5,8,12-13H,3-4,6H2. The Bertz CT molecular complexity index is 324. The van der Waals surface area contributed by atoms with Crippen LogP contribution in [0.2, 0.25) is 5.02 Å². The highest BCUT2D eigenvalue weighted by Gasteiger charge is 2.17. The Kier molecular flexibility index (Phi) is 2.79. The molecule has 0 bridgehead atoms. The van der Waals surface area contributed by atoms with Crippen LogP contribution in [0.3, 0.4) is 0 Å². The molecule has 1 heterocycles. The van der Waals surface area contributed by atoms with E-state index in [1.165, 1.54) is 0 Å². The fourth-order valence-corrected chi connectivity index (χ4v) is 1.65. The minimum absolute atomic E-state index is 0.161. The molecule has 0 aromatic heterocycles. The summed E-state index contributed by atoms with van der Waals surface area (Å²) in [5.41, 5.74) is 0. The van der Waals surface area contributed by atoms with Crippen molar-refractivity contribution in [1.82, 2.24) is 5.32 Å². The maximum atomic E-state index is 9.26. The van der Waals surface area contributed by atoms with Crippen LogP contribution in [0.5, 0.6) is 11.5 Å². The molecule has 14 heavy (non-hydrogen) atoms. The summed E-state index contributed by atoms with van der Waals surface area (Å²) in [6, 6.07) is 4.72. The predicted octanol–water partition coefficient (Wildman–Crippen LogP) is 1.79.